The Balaban J connectivity index is 2.07. The van der Waals surface area contributed by atoms with Crippen LogP contribution in [0.3, 0.4) is 0 Å². The van der Waals surface area contributed by atoms with Gasteiger partial charge in [-0.1, -0.05) is 18.7 Å². The van der Waals surface area contributed by atoms with Crippen molar-refractivity contribution in [1.82, 2.24) is 10.2 Å². The standard InChI is InChI=1S/C17H21N3O3/c1-3-15(21)19-14-7-4-6-13(10-14)11-16(22)20-9-5-8-18-17(23)12(20)2/h3-4,6-7,10,12H,1,5,8-9,11H2,2H3,(H,18,23)(H,19,21)/t12-/m0/s1. The molecule has 0 radical (unpaired) electrons. The van der Waals surface area contributed by atoms with Gasteiger partial charge in [-0.2, -0.15) is 0 Å². The smallest absolute Gasteiger partial charge is 0.247 e. The molecule has 23 heavy (non-hydrogen) atoms. The van der Waals surface area contributed by atoms with E-state index in [4.69, 9.17) is 0 Å². The van der Waals surface area contributed by atoms with Gasteiger partial charge in [0, 0.05) is 18.8 Å². The van der Waals surface area contributed by atoms with E-state index in [1.54, 1.807) is 30.0 Å². The normalized spacial score (nSPS) is 17.9. The van der Waals surface area contributed by atoms with Crippen LogP contribution in [0, 0.1) is 0 Å². The fourth-order valence-corrected chi connectivity index (χ4v) is 2.51. The number of rotatable bonds is 4. The van der Waals surface area contributed by atoms with Crippen LogP contribution in [0.5, 0.6) is 0 Å². The molecule has 0 aromatic heterocycles. The van der Waals surface area contributed by atoms with Gasteiger partial charge < -0.3 is 15.5 Å². The highest BCUT2D eigenvalue weighted by molar-refractivity contribution is 5.99. The van der Waals surface area contributed by atoms with Crippen LogP contribution >= 0.6 is 0 Å². The molecule has 1 aliphatic rings. The van der Waals surface area contributed by atoms with Crippen molar-refractivity contribution < 1.29 is 14.4 Å². The van der Waals surface area contributed by atoms with E-state index in [9.17, 15) is 14.4 Å². The Kier molecular flexibility index (Phi) is 5.51. The second kappa shape index (κ2) is 7.58. The SMILES string of the molecule is C=CC(=O)Nc1cccc(CC(=O)N2CCCNC(=O)[C@@H]2C)c1. The number of hydrogen-bond acceptors (Lipinski definition) is 3. The molecule has 1 fully saturated rings. The van der Waals surface area contributed by atoms with Crippen molar-refractivity contribution in [3.63, 3.8) is 0 Å². The van der Waals surface area contributed by atoms with Crippen molar-refractivity contribution in [2.75, 3.05) is 18.4 Å². The first-order valence-electron chi connectivity index (χ1n) is 7.61. The van der Waals surface area contributed by atoms with E-state index in [0.29, 0.717) is 18.8 Å². The maximum absolute atomic E-state index is 12.5. The van der Waals surface area contributed by atoms with Crippen LogP contribution in [0.25, 0.3) is 0 Å². The number of carbonyl (C=O) groups excluding carboxylic acids is 3. The van der Waals surface area contributed by atoms with Crippen LogP contribution in [0.15, 0.2) is 36.9 Å². The number of nitrogens with zero attached hydrogens (tertiary/aromatic N) is 1. The summed E-state index contributed by atoms with van der Waals surface area (Å²) >= 11 is 0. The highest BCUT2D eigenvalue weighted by Gasteiger charge is 2.27. The zero-order chi connectivity index (χ0) is 16.8. The summed E-state index contributed by atoms with van der Waals surface area (Å²) < 4.78 is 0. The molecule has 2 N–H and O–H groups in total. The molecule has 1 aliphatic heterocycles. The molecule has 1 saturated heterocycles. The minimum atomic E-state index is -0.464. The molecule has 1 heterocycles. The molecule has 6 nitrogen and oxygen atoms in total. The van der Waals surface area contributed by atoms with Crippen molar-refractivity contribution >= 4 is 23.4 Å². The number of anilines is 1. The van der Waals surface area contributed by atoms with Gasteiger partial charge in [-0.05, 0) is 37.1 Å². The molecule has 0 aliphatic carbocycles. The van der Waals surface area contributed by atoms with E-state index < -0.39 is 6.04 Å². The zero-order valence-electron chi connectivity index (χ0n) is 13.2. The van der Waals surface area contributed by atoms with Crippen LogP contribution in [-0.2, 0) is 20.8 Å². The highest BCUT2D eigenvalue weighted by atomic mass is 16.2. The van der Waals surface area contributed by atoms with Crippen molar-refractivity contribution in [2.45, 2.75) is 25.8 Å². The fraction of sp³-hybridized carbons (Fsp3) is 0.353. The lowest BCUT2D eigenvalue weighted by Crippen LogP contribution is -2.45. The Morgan fingerprint density at radius 3 is 3.00 bits per heavy atom. The van der Waals surface area contributed by atoms with Crippen LogP contribution in [0.1, 0.15) is 18.9 Å². The van der Waals surface area contributed by atoms with Crippen LogP contribution < -0.4 is 10.6 Å². The monoisotopic (exact) mass is 315 g/mol. The first-order chi connectivity index (χ1) is 11.0. The third-order valence-corrected chi connectivity index (χ3v) is 3.78. The van der Waals surface area contributed by atoms with Crippen molar-refractivity contribution in [3.05, 3.63) is 42.5 Å². The lowest BCUT2D eigenvalue weighted by molar-refractivity contribution is -0.138. The summed E-state index contributed by atoms with van der Waals surface area (Å²) in [4.78, 5) is 37.3. The molecule has 0 saturated carbocycles. The predicted octanol–water partition coefficient (Wildman–Crippen LogP) is 1.09. The topological polar surface area (TPSA) is 78.5 Å². The Hall–Kier alpha value is -2.63. The summed E-state index contributed by atoms with van der Waals surface area (Å²) in [6, 6.07) is 6.64. The summed E-state index contributed by atoms with van der Waals surface area (Å²) in [7, 11) is 0. The maximum atomic E-state index is 12.5. The lowest BCUT2D eigenvalue weighted by Gasteiger charge is -2.25. The van der Waals surface area contributed by atoms with Crippen molar-refractivity contribution in [1.29, 1.82) is 0 Å². The number of benzene rings is 1. The summed E-state index contributed by atoms with van der Waals surface area (Å²) in [5.41, 5.74) is 1.40. The minimum Gasteiger partial charge on any atom is -0.354 e. The van der Waals surface area contributed by atoms with Crippen LogP contribution in [0.2, 0.25) is 0 Å². The second-order valence-corrected chi connectivity index (χ2v) is 5.48. The molecular weight excluding hydrogens is 294 g/mol. The zero-order valence-corrected chi connectivity index (χ0v) is 13.2. The Bertz CT molecular complexity index is 627. The Morgan fingerprint density at radius 1 is 1.48 bits per heavy atom. The van der Waals surface area contributed by atoms with Crippen molar-refractivity contribution in [2.24, 2.45) is 0 Å². The average Bonchev–Trinajstić information content (AvgIpc) is 2.69. The number of nitrogens with one attached hydrogen (secondary N) is 2. The summed E-state index contributed by atoms with van der Waals surface area (Å²) in [6.45, 7) is 6.29. The quantitative estimate of drug-likeness (QED) is 0.817. The van der Waals surface area contributed by atoms with E-state index in [-0.39, 0.29) is 24.1 Å². The highest BCUT2D eigenvalue weighted by Crippen LogP contribution is 2.14. The maximum Gasteiger partial charge on any atom is 0.247 e. The average molecular weight is 315 g/mol. The molecule has 3 amide bonds. The third kappa shape index (κ3) is 4.42. The van der Waals surface area contributed by atoms with Gasteiger partial charge >= 0.3 is 0 Å². The van der Waals surface area contributed by atoms with Gasteiger partial charge in [0.15, 0.2) is 0 Å². The Morgan fingerprint density at radius 2 is 2.26 bits per heavy atom. The van der Waals surface area contributed by atoms with Crippen LogP contribution in [0.4, 0.5) is 5.69 Å². The number of carbonyl (C=O) groups is 3. The third-order valence-electron chi connectivity index (χ3n) is 3.78. The second-order valence-electron chi connectivity index (χ2n) is 5.48. The molecule has 122 valence electrons. The molecule has 1 aromatic carbocycles. The largest absolute Gasteiger partial charge is 0.354 e. The molecule has 6 heteroatoms. The van der Waals surface area contributed by atoms with E-state index in [2.05, 4.69) is 17.2 Å². The number of hydrogen-bond donors (Lipinski definition) is 2. The van der Waals surface area contributed by atoms with Gasteiger partial charge in [0.05, 0.1) is 6.42 Å². The lowest BCUT2D eigenvalue weighted by atomic mass is 10.1. The first kappa shape index (κ1) is 16.7. The van der Waals surface area contributed by atoms with Crippen LogP contribution in [-0.4, -0.2) is 41.8 Å². The first-order valence-corrected chi connectivity index (χ1v) is 7.61. The summed E-state index contributed by atoms with van der Waals surface area (Å²) in [6.07, 6.45) is 2.13. The molecule has 0 bridgehead atoms. The molecule has 0 unspecified atom stereocenters. The molecule has 1 aromatic rings. The molecular formula is C17H21N3O3. The fourth-order valence-electron chi connectivity index (χ4n) is 2.51. The van der Waals surface area contributed by atoms with E-state index in [1.165, 1.54) is 6.08 Å². The summed E-state index contributed by atoms with van der Waals surface area (Å²) in [5.74, 6) is -0.518. The predicted molar refractivity (Wildman–Crippen MR) is 87.8 cm³/mol. The van der Waals surface area contributed by atoms with E-state index in [0.717, 1.165) is 12.0 Å². The van der Waals surface area contributed by atoms with Gasteiger partial charge in [0.2, 0.25) is 17.7 Å². The Labute approximate surface area is 135 Å². The van der Waals surface area contributed by atoms with E-state index >= 15 is 0 Å². The van der Waals surface area contributed by atoms with Gasteiger partial charge in [0.1, 0.15) is 6.04 Å². The molecule has 0 spiro atoms. The molecule has 2 rings (SSSR count). The van der Waals surface area contributed by atoms with E-state index in [1.807, 2.05) is 6.07 Å². The van der Waals surface area contributed by atoms with Gasteiger partial charge in [-0.3, -0.25) is 14.4 Å². The van der Waals surface area contributed by atoms with Gasteiger partial charge in [-0.25, -0.2) is 0 Å². The number of amides is 3. The minimum absolute atomic E-state index is 0.0956. The van der Waals surface area contributed by atoms with Gasteiger partial charge in [0.25, 0.3) is 0 Å². The van der Waals surface area contributed by atoms with Gasteiger partial charge in [-0.15, -0.1) is 0 Å². The molecule has 1 atom stereocenters. The van der Waals surface area contributed by atoms with Crippen molar-refractivity contribution in [3.8, 4) is 0 Å². The summed E-state index contributed by atoms with van der Waals surface area (Å²) in [5, 5.41) is 5.46.